The molecular formula is C18H18FN5O. The smallest absolute Gasteiger partial charge is 0.248 e. The standard InChI is InChI=1S/C18H18FN5O/c1-13-15(11-23(2)22-13)5-8-18(25)21-17-9-20-24(12-17)10-14-3-6-16(19)7-4-14/h3-9,11-12H,10H2,1-2H3,(H,21,25). The summed E-state index contributed by atoms with van der Waals surface area (Å²) in [6, 6.07) is 6.22. The third-order valence-electron chi connectivity index (χ3n) is 3.62. The van der Waals surface area contributed by atoms with Gasteiger partial charge in [-0.2, -0.15) is 10.2 Å². The number of rotatable bonds is 5. The number of nitrogens with one attached hydrogen (secondary N) is 1. The van der Waals surface area contributed by atoms with Gasteiger partial charge in [-0.05, 0) is 30.7 Å². The number of anilines is 1. The monoisotopic (exact) mass is 339 g/mol. The molecule has 1 N–H and O–H groups in total. The normalized spacial score (nSPS) is 11.2. The van der Waals surface area contributed by atoms with Crippen LogP contribution in [0.25, 0.3) is 6.08 Å². The van der Waals surface area contributed by atoms with Crippen molar-refractivity contribution in [3.05, 3.63) is 71.6 Å². The van der Waals surface area contributed by atoms with Gasteiger partial charge in [-0.25, -0.2) is 4.39 Å². The second-order valence-electron chi connectivity index (χ2n) is 5.72. The van der Waals surface area contributed by atoms with E-state index in [4.69, 9.17) is 0 Å². The molecule has 0 unspecified atom stereocenters. The summed E-state index contributed by atoms with van der Waals surface area (Å²) >= 11 is 0. The predicted molar refractivity (Wildman–Crippen MR) is 93.3 cm³/mol. The molecule has 25 heavy (non-hydrogen) atoms. The number of nitrogens with zero attached hydrogens (tertiary/aromatic N) is 4. The van der Waals surface area contributed by atoms with Crippen molar-refractivity contribution < 1.29 is 9.18 Å². The average molecular weight is 339 g/mol. The number of amides is 1. The lowest BCUT2D eigenvalue weighted by molar-refractivity contribution is -0.111. The van der Waals surface area contributed by atoms with Gasteiger partial charge in [0, 0.05) is 31.1 Å². The van der Waals surface area contributed by atoms with Crippen molar-refractivity contribution in [2.24, 2.45) is 7.05 Å². The summed E-state index contributed by atoms with van der Waals surface area (Å²) in [5.41, 5.74) is 3.28. The quantitative estimate of drug-likeness (QED) is 0.727. The highest BCUT2D eigenvalue weighted by atomic mass is 19.1. The molecule has 0 atom stereocenters. The minimum atomic E-state index is -0.271. The van der Waals surface area contributed by atoms with Gasteiger partial charge in [0.15, 0.2) is 0 Å². The number of halogens is 1. The first-order chi connectivity index (χ1) is 12.0. The molecule has 2 aromatic heterocycles. The zero-order valence-corrected chi connectivity index (χ0v) is 14.0. The van der Waals surface area contributed by atoms with Crippen LogP contribution in [0.15, 0.2) is 48.9 Å². The van der Waals surface area contributed by atoms with Gasteiger partial charge in [-0.1, -0.05) is 12.1 Å². The van der Waals surface area contributed by atoms with E-state index in [0.717, 1.165) is 16.8 Å². The fourth-order valence-corrected chi connectivity index (χ4v) is 2.42. The van der Waals surface area contributed by atoms with Gasteiger partial charge in [0.1, 0.15) is 5.82 Å². The lowest BCUT2D eigenvalue weighted by atomic mass is 10.2. The van der Waals surface area contributed by atoms with E-state index in [9.17, 15) is 9.18 Å². The maximum absolute atomic E-state index is 12.9. The third kappa shape index (κ3) is 4.41. The van der Waals surface area contributed by atoms with Crippen LogP contribution in [0, 0.1) is 12.7 Å². The van der Waals surface area contributed by atoms with Crippen LogP contribution in [0.1, 0.15) is 16.8 Å². The molecule has 0 spiro atoms. The summed E-state index contributed by atoms with van der Waals surface area (Å²) in [6.07, 6.45) is 8.33. The van der Waals surface area contributed by atoms with Crippen molar-refractivity contribution in [1.29, 1.82) is 0 Å². The number of hydrogen-bond donors (Lipinski definition) is 1. The molecule has 3 rings (SSSR count). The molecule has 0 fully saturated rings. The van der Waals surface area contributed by atoms with Crippen LogP contribution < -0.4 is 5.32 Å². The highest BCUT2D eigenvalue weighted by Gasteiger charge is 2.04. The highest BCUT2D eigenvalue weighted by Crippen LogP contribution is 2.10. The van der Waals surface area contributed by atoms with E-state index in [-0.39, 0.29) is 11.7 Å². The Balaban J connectivity index is 1.60. The van der Waals surface area contributed by atoms with Crippen LogP contribution in [0.5, 0.6) is 0 Å². The number of carbonyl (C=O) groups excluding carboxylic acids is 1. The van der Waals surface area contributed by atoms with Gasteiger partial charge in [0.05, 0.1) is 24.1 Å². The van der Waals surface area contributed by atoms with E-state index in [0.29, 0.717) is 12.2 Å². The molecule has 128 valence electrons. The highest BCUT2D eigenvalue weighted by molar-refractivity contribution is 6.01. The first kappa shape index (κ1) is 16.6. The minimum Gasteiger partial charge on any atom is -0.320 e. The molecule has 2 heterocycles. The lowest BCUT2D eigenvalue weighted by Crippen LogP contribution is -2.07. The molecule has 3 aromatic rings. The zero-order chi connectivity index (χ0) is 17.8. The topological polar surface area (TPSA) is 64.7 Å². The number of aryl methyl sites for hydroxylation is 2. The molecule has 0 saturated heterocycles. The van der Waals surface area contributed by atoms with Crippen LogP contribution in [0.3, 0.4) is 0 Å². The van der Waals surface area contributed by atoms with Gasteiger partial charge in [-0.3, -0.25) is 14.2 Å². The Hall–Kier alpha value is -3.22. The Morgan fingerprint density at radius 1 is 1.28 bits per heavy atom. The summed E-state index contributed by atoms with van der Waals surface area (Å²) in [4.78, 5) is 12.0. The first-order valence-corrected chi connectivity index (χ1v) is 7.76. The zero-order valence-electron chi connectivity index (χ0n) is 14.0. The van der Waals surface area contributed by atoms with Crippen LogP contribution in [-0.4, -0.2) is 25.5 Å². The number of carbonyl (C=O) groups is 1. The van der Waals surface area contributed by atoms with Gasteiger partial charge >= 0.3 is 0 Å². The first-order valence-electron chi connectivity index (χ1n) is 7.76. The molecule has 7 heteroatoms. The summed E-state index contributed by atoms with van der Waals surface area (Å²) in [7, 11) is 1.83. The van der Waals surface area contributed by atoms with Crippen molar-refractivity contribution in [2.75, 3.05) is 5.32 Å². The van der Waals surface area contributed by atoms with E-state index < -0.39 is 0 Å². The number of benzene rings is 1. The molecular weight excluding hydrogens is 321 g/mol. The summed E-state index contributed by atoms with van der Waals surface area (Å²) in [5, 5.41) is 11.2. The predicted octanol–water partition coefficient (Wildman–Crippen LogP) is 2.76. The fraction of sp³-hybridized carbons (Fsp3) is 0.167. The maximum Gasteiger partial charge on any atom is 0.248 e. The summed E-state index contributed by atoms with van der Waals surface area (Å²) in [6.45, 7) is 2.39. The van der Waals surface area contributed by atoms with Crippen molar-refractivity contribution >= 4 is 17.7 Å². The third-order valence-corrected chi connectivity index (χ3v) is 3.62. The molecule has 6 nitrogen and oxygen atoms in total. The van der Waals surface area contributed by atoms with Crippen LogP contribution >= 0.6 is 0 Å². The van der Waals surface area contributed by atoms with E-state index >= 15 is 0 Å². The molecule has 0 aliphatic heterocycles. The second kappa shape index (κ2) is 7.12. The van der Waals surface area contributed by atoms with E-state index in [1.54, 1.807) is 40.0 Å². The Morgan fingerprint density at radius 2 is 2.04 bits per heavy atom. The van der Waals surface area contributed by atoms with Crippen molar-refractivity contribution in [1.82, 2.24) is 19.6 Å². The second-order valence-corrected chi connectivity index (χ2v) is 5.72. The van der Waals surface area contributed by atoms with Gasteiger partial charge in [-0.15, -0.1) is 0 Å². The van der Waals surface area contributed by atoms with Gasteiger partial charge in [0.25, 0.3) is 0 Å². The summed E-state index contributed by atoms with van der Waals surface area (Å²) in [5.74, 6) is -0.516. The number of hydrogen-bond acceptors (Lipinski definition) is 3. The van der Waals surface area contributed by atoms with Crippen LogP contribution in [0.2, 0.25) is 0 Å². The van der Waals surface area contributed by atoms with Crippen molar-refractivity contribution in [3.8, 4) is 0 Å². The molecule has 1 aromatic carbocycles. The molecule has 0 radical (unpaired) electrons. The van der Waals surface area contributed by atoms with Crippen LogP contribution in [-0.2, 0) is 18.4 Å². The maximum atomic E-state index is 12.9. The van der Waals surface area contributed by atoms with E-state index in [2.05, 4.69) is 15.5 Å². The Kier molecular flexibility index (Phi) is 4.74. The van der Waals surface area contributed by atoms with Crippen LogP contribution in [0.4, 0.5) is 10.1 Å². The largest absolute Gasteiger partial charge is 0.320 e. The van der Waals surface area contributed by atoms with Gasteiger partial charge in [0.2, 0.25) is 5.91 Å². The molecule has 0 saturated carbocycles. The molecule has 0 aliphatic rings. The number of aromatic nitrogens is 4. The van der Waals surface area contributed by atoms with Gasteiger partial charge < -0.3 is 5.32 Å². The fourth-order valence-electron chi connectivity index (χ4n) is 2.42. The lowest BCUT2D eigenvalue weighted by Gasteiger charge is -2.01. The minimum absolute atomic E-state index is 0.246. The molecule has 1 amide bonds. The Bertz CT molecular complexity index is 908. The Morgan fingerprint density at radius 3 is 2.72 bits per heavy atom. The molecule has 0 aliphatic carbocycles. The van der Waals surface area contributed by atoms with E-state index in [1.165, 1.54) is 18.2 Å². The molecule has 0 bridgehead atoms. The summed E-state index contributed by atoms with van der Waals surface area (Å²) < 4.78 is 16.3. The van der Waals surface area contributed by atoms with Crippen molar-refractivity contribution in [3.63, 3.8) is 0 Å². The van der Waals surface area contributed by atoms with E-state index in [1.807, 2.05) is 20.2 Å². The Labute approximate surface area is 144 Å². The SMILES string of the molecule is Cc1nn(C)cc1C=CC(=O)Nc1cnn(Cc2ccc(F)cc2)c1. The van der Waals surface area contributed by atoms with Crippen molar-refractivity contribution in [2.45, 2.75) is 13.5 Å². The average Bonchev–Trinajstić information content (AvgIpc) is 3.13.